The number of halogens is 2. The van der Waals surface area contributed by atoms with Crippen LogP contribution in [0.25, 0.3) is 0 Å². The van der Waals surface area contributed by atoms with E-state index in [1.165, 1.54) is 12.1 Å². The number of anilines is 1. The zero-order valence-electron chi connectivity index (χ0n) is 11.0. The van der Waals surface area contributed by atoms with Crippen LogP contribution in [0.5, 0.6) is 0 Å². The molecule has 0 radical (unpaired) electrons. The van der Waals surface area contributed by atoms with Gasteiger partial charge >= 0.3 is 0 Å². The van der Waals surface area contributed by atoms with Gasteiger partial charge in [0.05, 0.1) is 12.2 Å². The van der Waals surface area contributed by atoms with Crippen molar-refractivity contribution in [3.8, 4) is 0 Å². The second-order valence-electron chi connectivity index (χ2n) is 4.80. The predicted molar refractivity (Wildman–Crippen MR) is 76.9 cm³/mol. The van der Waals surface area contributed by atoms with E-state index in [0.717, 1.165) is 11.9 Å². The van der Waals surface area contributed by atoms with E-state index in [1.54, 1.807) is 18.6 Å². The molecule has 0 saturated carbocycles. The third-order valence-corrected chi connectivity index (χ3v) is 3.43. The molecule has 1 saturated heterocycles. The number of rotatable bonds is 3. The number of hydrogen-bond donors (Lipinski definition) is 1. The zero-order chi connectivity index (χ0) is 14.8. The van der Waals surface area contributed by atoms with Crippen LogP contribution >= 0.6 is 11.6 Å². The van der Waals surface area contributed by atoms with E-state index in [4.69, 9.17) is 11.6 Å². The molecule has 0 atom stereocenters. The van der Waals surface area contributed by atoms with E-state index >= 15 is 0 Å². The fraction of sp³-hybridized carbons (Fsp3) is 0.214. The van der Waals surface area contributed by atoms with Crippen LogP contribution in [-0.4, -0.2) is 35.0 Å². The Bertz CT molecular complexity index is 641. The van der Waals surface area contributed by atoms with Gasteiger partial charge in [-0.05, 0) is 18.2 Å². The normalized spacial score (nSPS) is 14.7. The van der Waals surface area contributed by atoms with Crippen molar-refractivity contribution < 1.29 is 9.18 Å². The number of nitrogens with one attached hydrogen (secondary N) is 1. The average Bonchev–Trinajstić information content (AvgIpc) is 2.42. The maximum absolute atomic E-state index is 13.2. The van der Waals surface area contributed by atoms with Gasteiger partial charge in [-0.25, -0.2) is 9.37 Å². The van der Waals surface area contributed by atoms with Crippen molar-refractivity contribution >= 4 is 23.3 Å². The van der Waals surface area contributed by atoms with Gasteiger partial charge in [-0.1, -0.05) is 11.6 Å². The van der Waals surface area contributed by atoms with Crippen molar-refractivity contribution in [3.05, 3.63) is 53.2 Å². The quantitative estimate of drug-likeness (QED) is 0.941. The summed E-state index contributed by atoms with van der Waals surface area (Å²) in [6.07, 6.45) is 4.90. The number of hydrogen-bond acceptors (Lipinski definition) is 4. The molecule has 5 nitrogen and oxygen atoms in total. The SMILES string of the molecule is O=C(NC1CN(c2cnccn2)C1)c1cc(F)cc(Cl)c1. The monoisotopic (exact) mass is 306 g/mol. The molecule has 1 amide bonds. The lowest BCUT2D eigenvalue weighted by Gasteiger charge is -2.40. The Morgan fingerprint density at radius 1 is 1.33 bits per heavy atom. The highest BCUT2D eigenvalue weighted by molar-refractivity contribution is 6.31. The van der Waals surface area contributed by atoms with Gasteiger partial charge < -0.3 is 10.2 Å². The molecule has 1 aromatic carbocycles. The Morgan fingerprint density at radius 3 is 2.81 bits per heavy atom. The third-order valence-electron chi connectivity index (χ3n) is 3.22. The van der Waals surface area contributed by atoms with Gasteiger partial charge in [0.2, 0.25) is 0 Å². The Kier molecular flexibility index (Phi) is 3.70. The maximum atomic E-state index is 13.2. The summed E-state index contributed by atoms with van der Waals surface area (Å²) in [5.74, 6) is -0.0839. The fourth-order valence-corrected chi connectivity index (χ4v) is 2.39. The molecule has 0 spiro atoms. The summed E-state index contributed by atoms with van der Waals surface area (Å²) in [4.78, 5) is 22.2. The molecule has 7 heteroatoms. The summed E-state index contributed by atoms with van der Waals surface area (Å²) in [6, 6.07) is 3.78. The van der Waals surface area contributed by atoms with E-state index in [-0.39, 0.29) is 22.5 Å². The average molecular weight is 307 g/mol. The standard InChI is InChI=1S/C14H12ClFN4O/c15-10-3-9(4-11(16)5-10)14(21)19-12-7-20(8-12)13-6-17-1-2-18-13/h1-6,12H,7-8H2,(H,19,21). The number of aromatic nitrogens is 2. The molecule has 1 aliphatic heterocycles. The smallest absolute Gasteiger partial charge is 0.251 e. The molecule has 2 heterocycles. The molecule has 108 valence electrons. The van der Waals surface area contributed by atoms with Crippen LogP contribution in [0.4, 0.5) is 10.2 Å². The maximum Gasteiger partial charge on any atom is 0.251 e. The number of amides is 1. The molecule has 1 N–H and O–H groups in total. The molecule has 0 bridgehead atoms. The Labute approximate surface area is 125 Å². The largest absolute Gasteiger partial charge is 0.351 e. The van der Waals surface area contributed by atoms with Gasteiger partial charge in [-0.3, -0.25) is 9.78 Å². The lowest BCUT2D eigenvalue weighted by Crippen LogP contribution is -2.59. The van der Waals surface area contributed by atoms with Gasteiger partial charge in [-0.2, -0.15) is 0 Å². The van der Waals surface area contributed by atoms with Gasteiger partial charge in [-0.15, -0.1) is 0 Å². The molecule has 0 unspecified atom stereocenters. The first-order chi connectivity index (χ1) is 10.1. The minimum atomic E-state index is -0.526. The van der Waals surface area contributed by atoms with Crippen molar-refractivity contribution in [1.82, 2.24) is 15.3 Å². The second-order valence-corrected chi connectivity index (χ2v) is 5.23. The predicted octanol–water partition coefficient (Wildman–Crippen LogP) is 1.89. The van der Waals surface area contributed by atoms with Crippen molar-refractivity contribution in [2.75, 3.05) is 18.0 Å². The van der Waals surface area contributed by atoms with Gasteiger partial charge in [0.15, 0.2) is 0 Å². The summed E-state index contributed by atoms with van der Waals surface area (Å²) in [5.41, 5.74) is 0.220. The van der Waals surface area contributed by atoms with Crippen molar-refractivity contribution in [3.63, 3.8) is 0 Å². The van der Waals surface area contributed by atoms with Crippen LogP contribution in [0.1, 0.15) is 10.4 Å². The number of carbonyl (C=O) groups excluding carboxylic acids is 1. The molecule has 3 rings (SSSR count). The Balaban J connectivity index is 1.58. The molecule has 2 aromatic rings. The number of carbonyl (C=O) groups is 1. The number of benzene rings is 1. The molecule has 1 aromatic heterocycles. The van der Waals surface area contributed by atoms with Gasteiger partial charge in [0.1, 0.15) is 11.6 Å². The van der Waals surface area contributed by atoms with Crippen LogP contribution < -0.4 is 10.2 Å². The first-order valence-corrected chi connectivity index (χ1v) is 6.77. The van der Waals surface area contributed by atoms with Crippen LogP contribution in [0, 0.1) is 5.82 Å². The summed E-state index contributed by atoms with van der Waals surface area (Å²) >= 11 is 5.74. The van der Waals surface area contributed by atoms with Crippen molar-refractivity contribution in [2.24, 2.45) is 0 Å². The van der Waals surface area contributed by atoms with Crippen LogP contribution in [0.15, 0.2) is 36.8 Å². The zero-order valence-corrected chi connectivity index (χ0v) is 11.7. The molecular formula is C14H12ClFN4O. The summed E-state index contributed by atoms with van der Waals surface area (Å²) in [7, 11) is 0. The minimum Gasteiger partial charge on any atom is -0.351 e. The third kappa shape index (κ3) is 3.11. The Morgan fingerprint density at radius 2 is 2.14 bits per heavy atom. The highest BCUT2D eigenvalue weighted by Gasteiger charge is 2.29. The lowest BCUT2D eigenvalue weighted by atomic mass is 10.1. The van der Waals surface area contributed by atoms with Crippen LogP contribution in [0.3, 0.4) is 0 Å². The van der Waals surface area contributed by atoms with Gasteiger partial charge in [0, 0.05) is 36.1 Å². The fourth-order valence-electron chi connectivity index (χ4n) is 2.17. The molecule has 1 fully saturated rings. The second kappa shape index (κ2) is 5.65. The summed E-state index contributed by atoms with van der Waals surface area (Å²) < 4.78 is 13.2. The van der Waals surface area contributed by atoms with E-state index < -0.39 is 5.82 Å². The molecule has 21 heavy (non-hydrogen) atoms. The number of nitrogens with zero attached hydrogens (tertiary/aromatic N) is 3. The topological polar surface area (TPSA) is 58.1 Å². The van der Waals surface area contributed by atoms with Crippen molar-refractivity contribution in [1.29, 1.82) is 0 Å². The minimum absolute atomic E-state index is 0.00143. The molecule has 1 aliphatic rings. The van der Waals surface area contributed by atoms with E-state index in [2.05, 4.69) is 15.3 Å². The highest BCUT2D eigenvalue weighted by Crippen LogP contribution is 2.18. The van der Waals surface area contributed by atoms with E-state index in [1.807, 2.05) is 4.90 Å². The highest BCUT2D eigenvalue weighted by atomic mass is 35.5. The molecular weight excluding hydrogens is 295 g/mol. The van der Waals surface area contributed by atoms with Gasteiger partial charge in [0.25, 0.3) is 5.91 Å². The van der Waals surface area contributed by atoms with Crippen LogP contribution in [0.2, 0.25) is 5.02 Å². The Hall–Kier alpha value is -2.21. The van der Waals surface area contributed by atoms with E-state index in [9.17, 15) is 9.18 Å². The first-order valence-electron chi connectivity index (χ1n) is 6.40. The van der Waals surface area contributed by atoms with E-state index in [0.29, 0.717) is 13.1 Å². The first kappa shape index (κ1) is 13.8. The lowest BCUT2D eigenvalue weighted by molar-refractivity contribution is 0.0929. The molecule has 0 aliphatic carbocycles. The summed E-state index contributed by atoms with van der Waals surface area (Å²) in [6.45, 7) is 1.29. The van der Waals surface area contributed by atoms with Crippen LogP contribution in [-0.2, 0) is 0 Å². The van der Waals surface area contributed by atoms with Crippen molar-refractivity contribution in [2.45, 2.75) is 6.04 Å². The summed E-state index contributed by atoms with van der Waals surface area (Å²) in [5, 5.41) is 3.04.